The summed E-state index contributed by atoms with van der Waals surface area (Å²) in [5.74, 6) is -1.84. The number of nitrogens with zero attached hydrogens (tertiary/aromatic N) is 2. The Morgan fingerprint density at radius 3 is 2.48 bits per heavy atom. The van der Waals surface area contributed by atoms with Crippen molar-refractivity contribution in [3.63, 3.8) is 0 Å². The predicted molar refractivity (Wildman–Crippen MR) is 84.6 cm³/mol. The summed E-state index contributed by atoms with van der Waals surface area (Å²) in [6, 6.07) is 0.126. The van der Waals surface area contributed by atoms with E-state index >= 15 is 0 Å². The molecule has 0 radical (unpaired) electrons. The first-order chi connectivity index (χ1) is 10.6. The fourth-order valence-electron chi connectivity index (χ4n) is 2.80. The SMILES string of the molecule is Cc1c(F)c(C(C)(C)C)nc2c1c(=O)c(C(=O)O)cn2C1CC1. The van der Waals surface area contributed by atoms with Crippen molar-refractivity contribution in [2.24, 2.45) is 0 Å². The van der Waals surface area contributed by atoms with Crippen LogP contribution in [0.1, 0.15) is 61.3 Å². The predicted octanol–water partition coefficient (Wildman–Crippen LogP) is 3.17. The summed E-state index contributed by atoms with van der Waals surface area (Å²) >= 11 is 0. The zero-order valence-corrected chi connectivity index (χ0v) is 13.6. The normalized spacial score (nSPS) is 15.2. The molecule has 0 unspecified atom stereocenters. The quantitative estimate of drug-likeness (QED) is 0.923. The monoisotopic (exact) mass is 318 g/mol. The van der Waals surface area contributed by atoms with Gasteiger partial charge < -0.3 is 9.67 Å². The second kappa shape index (κ2) is 4.88. The third kappa shape index (κ3) is 2.42. The molecular formula is C17H19FN2O3. The van der Waals surface area contributed by atoms with Crippen molar-refractivity contribution >= 4 is 17.0 Å². The minimum Gasteiger partial charge on any atom is -0.477 e. The molecule has 0 aliphatic heterocycles. The minimum absolute atomic E-state index is 0.0716. The Bertz CT molecular complexity index is 890. The summed E-state index contributed by atoms with van der Waals surface area (Å²) < 4.78 is 16.5. The van der Waals surface area contributed by atoms with Crippen molar-refractivity contribution < 1.29 is 14.3 Å². The first-order valence-corrected chi connectivity index (χ1v) is 7.61. The lowest BCUT2D eigenvalue weighted by Crippen LogP contribution is -2.24. The molecule has 3 rings (SSSR count). The topological polar surface area (TPSA) is 72.2 Å². The molecule has 0 bridgehead atoms. The molecular weight excluding hydrogens is 299 g/mol. The molecule has 1 saturated carbocycles. The summed E-state index contributed by atoms with van der Waals surface area (Å²) in [4.78, 5) is 28.3. The largest absolute Gasteiger partial charge is 0.477 e. The van der Waals surface area contributed by atoms with E-state index in [9.17, 15) is 19.1 Å². The lowest BCUT2D eigenvalue weighted by Gasteiger charge is -2.22. The number of carbonyl (C=O) groups is 1. The maximum Gasteiger partial charge on any atom is 0.341 e. The van der Waals surface area contributed by atoms with E-state index in [1.54, 1.807) is 4.57 Å². The van der Waals surface area contributed by atoms with Gasteiger partial charge in [-0.25, -0.2) is 14.2 Å². The van der Waals surface area contributed by atoms with Gasteiger partial charge in [-0.1, -0.05) is 20.8 Å². The van der Waals surface area contributed by atoms with Gasteiger partial charge in [0.1, 0.15) is 17.0 Å². The van der Waals surface area contributed by atoms with Crippen molar-refractivity contribution in [3.8, 4) is 0 Å². The number of pyridine rings is 2. The van der Waals surface area contributed by atoms with E-state index in [1.807, 2.05) is 20.8 Å². The zero-order chi connectivity index (χ0) is 17.1. The molecule has 1 fully saturated rings. The molecule has 2 heterocycles. The summed E-state index contributed by atoms with van der Waals surface area (Å²) in [5, 5.41) is 9.34. The Morgan fingerprint density at radius 1 is 1.39 bits per heavy atom. The van der Waals surface area contributed by atoms with E-state index in [0.717, 1.165) is 12.8 Å². The molecule has 1 aliphatic carbocycles. The third-order valence-electron chi connectivity index (χ3n) is 4.22. The maximum absolute atomic E-state index is 14.7. The van der Waals surface area contributed by atoms with Gasteiger partial charge in [-0.3, -0.25) is 4.79 Å². The van der Waals surface area contributed by atoms with E-state index in [2.05, 4.69) is 4.98 Å². The second-order valence-electron chi connectivity index (χ2n) is 7.16. The Morgan fingerprint density at radius 2 is 2.00 bits per heavy atom. The highest BCUT2D eigenvalue weighted by atomic mass is 19.1. The summed E-state index contributed by atoms with van der Waals surface area (Å²) in [6.45, 7) is 7.08. The van der Waals surface area contributed by atoms with Crippen LogP contribution >= 0.6 is 0 Å². The van der Waals surface area contributed by atoms with Crippen LogP contribution in [0.25, 0.3) is 11.0 Å². The number of rotatable bonds is 2. The smallest absolute Gasteiger partial charge is 0.341 e. The summed E-state index contributed by atoms with van der Waals surface area (Å²) in [7, 11) is 0. The van der Waals surface area contributed by atoms with Gasteiger partial charge in [0.05, 0.1) is 11.1 Å². The lowest BCUT2D eigenvalue weighted by atomic mass is 9.89. The van der Waals surface area contributed by atoms with Gasteiger partial charge >= 0.3 is 5.97 Å². The van der Waals surface area contributed by atoms with E-state index < -0.39 is 22.6 Å². The zero-order valence-electron chi connectivity index (χ0n) is 13.6. The van der Waals surface area contributed by atoms with Gasteiger partial charge in [-0.05, 0) is 19.8 Å². The van der Waals surface area contributed by atoms with Gasteiger partial charge in [0.15, 0.2) is 0 Å². The first-order valence-electron chi connectivity index (χ1n) is 7.61. The van der Waals surface area contributed by atoms with E-state index in [-0.39, 0.29) is 22.6 Å². The summed E-state index contributed by atoms with van der Waals surface area (Å²) in [6.07, 6.45) is 3.15. The molecule has 0 aromatic carbocycles. The van der Waals surface area contributed by atoms with Gasteiger partial charge in [-0.15, -0.1) is 0 Å². The fourth-order valence-corrected chi connectivity index (χ4v) is 2.80. The molecule has 0 saturated heterocycles. The molecule has 2 aromatic rings. The second-order valence-corrected chi connectivity index (χ2v) is 7.16. The summed E-state index contributed by atoms with van der Waals surface area (Å²) in [5.41, 5.74) is -0.682. The van der Waals surface area contributed by atoms with Crippen molar-refractivity contribution in [2.75, 3.05) is 0 Å². The molecule has 0 spiro atoms. The Hall–Kier alpha value is -2.24. The number of carboxylic acid groups (broad SMARTS) is 1. The number of fused-ring (bicyclic) bond motifs is 1. The number of hydrogen-bond acceptors (Lipinski definition) is 3. The number of carboxylic acids is 1. The van der Waals surface area contributed by atoms with Crippen LogP contribution in [-0.4, -0.2) is 20.6 Å². The molecule has 2 aromatic heterocycles. The van der Waals surface area contributed by atoms with Crippen LogP contribution in [0.3, 0.4) is 0 Å². The van der Waals surface area contributed by atoms with E-state index in [0.29, 0.717) is 11.3 Å². The molecule has 0 atom stereocenters. The van der Waals surface area contributed by atoms with Crippen molar-refractivity contribution in [1.29, 1.82) is 0 Å². The van der Waals surface area contributed by atoms with Crippen LogP contribution in [0.4, 0.5) is 4.39 Å². The highest BCUT2D eigenvalue weighted by Gasteiger charge is 2.31. The number of aryl methyl sites for hydroxylation is 1. The van der Waals surface area contributed by atoms with Crippen LogP contribution in [0, 0.1) is 12.7 Å². The maximum atomic E-state index is 14.7. The van der Waals surface area contributed by atoms with Gasteiger partial charge in [0.25, 0.3) is 0 Å². The number of aromatic carboxylic acids is 1. The molecule has 122 valence electrons. The van der Waals surface area contributed by atoms with E-state index in [1.165, 1.54) is 13.1 Å². The van der Waals surface area contributed by atoms with Gasteiger partial charge in [-0.2, -0.15) is 0 Å². The number of aromatic nitrogens is 2. The highest BCUT2D eigenvalue weighted by Crippen LogP contribution is 2.38. The van der Waals surface area contributed by atoms with E-state index in [4.69, 9.17) is 0 Å². The fraction of sp³-hybridized carbons (Fsp3) is 0.471. The minimum atomic E-state index is -1.30. The molecule has 6 heteroatoms. The van der Waals surface area contributed by atoms with Crippen molar-refractivity contribution in [2.45, 2.75) is 52.0 Å². The number of hydrogen-bond donors (Lipinski definition) is 1. The Balaban J connectivity index is 2.50. The molecule has 23 heavy (non-hydrogen) atoms. The van der Waals surface area contributed by atoms with Crippen LogP contribution in [0.5, 0.6) is 0 Å². The molecule has 0 amide bonds. The molecule has 1 N–H and O–H groups in total. The standard InChI is InChI=1S/C17H19FN2O3/c1-8-11-13(21)10(16(22)23)7-20(9-5-6-9)15(11)19-14(12(8)18)17(2,3)4/h7,9H,5-6H2,1-4H3,(H,22,23). The van der Waals surface area contributed by atoms with Crippen LogP contribution < -0.4 is 5.43 Å². The molecule has 5 nitrogen and oxygen atoms in total. The van der Waals surface area contributed by atoms with Crippen molar-refractivity contribution in [3.05, 3.63) is 39.1 Å². The van der Waals surface area contributed by atoms with Crippen molar-refractivity contribution in [1.82, 2.24) is 9.55 Å². The highest BCUT2D eigenvalue weighted by molar-refractivity contribution is 5.92. The van der Waals surface area contributed by atoms with Crippen LogP contribution in [-0.2, 0) is 5.41 Å². The average molecular weight is 318 g/mol. The van der Waals surface area contributed by atoms with Crippen LogP contribution in [0.15, 0.2) is 11.0 Å². The number of halogens is 1. The third-order valence-corrected chi connectivity index (χ3v) is 4.22. The van der Waals surface area contributed by atoms with Gasteiger partial charge in [0.2, 0.25) is 5.43 Å². The average Bonchev–Trinajstić information content (AvgIpc) is 3.25. The first kappa shape index (κ1) is 15.6. The Kier molecular flexibility index (Phi) is 3.32. The van der Waals surface area contributed by atoms with Gasteiger partial charge in [0, 0.05) is 23.2 Å². The van der Waals surface area contributed by atoms with Crippen LogP contribution in [0.2, 0.25) is 0 Å². The Labute approximate surface area is 132 Å². The molecule has 1 aliphatic rings. The lowest BCUT2D eigenvalue weighted by molar-refractivity contribution is 0.0695.